The van der Waals surface area contributed by atoms with Crippen LogP contribution in [0.1, 0.15) is 21.7 Å². The fourth-order valence-corrected chi connectivity index (χ4v) is 2.96. The number of ether oxygens (including phenoxy) is 2. The van der Waals surface area contributed by atoms with Crippen LogP contribution < -0.4 is 9.47 Å². The lowest BCUT2D eigenvalue weighted by atomic mass is 10.2. The van der Waals surface area contributed by atoms with E-state index in [9.17, 15) is 9.90 Å². The number of imidazole rings is 1. The Hall–Kier alpha value is -3.51. The molecule has 0 aliphatic heterocycles. The normalized spacial score (nSPS) is 10.8. The molecule has 2 N–H and O–H groups in total. The Labute approximate surface area is 171 Å². The SMILES string of the molecule is O=C(O)c1ccc(OCc2nc3ccccc3[nH]2)c(OCc2ccc(Cl)cc2)c1. The van der Waals surface area contributed by atoms with Gasteiger partial charge in [0, 0.05) is 5.02 Å². The molecule has 0 bridgehead atoms. The highest BCUT2D eigenvalue weighted by atomic mass is 35.5. The number of para-hydroxylation sites is 2. The van der Waals surface area contributed by atoms with E-state index in [2.05, 4.69) is 9.97 Å². The molecule has 6 nitrogen and oxygen atoms in total. The molecule has 29 heavy (non-hydrogen) atoms. The number of benzene rings is 3. The number of aromatic nitrogens is 2. The van der Waals surface area contributed by atoms with Gasteiger partial charge < -0.3 is 19.6 Å². The molecule has 1 aromatic heterocycles. The Morgan fingerprint density at radius 3 is 2.48 bits per heavy atom. The zero-order chi connectivity index (χ0) is 20.2. The van der Waals surface area contributed by atoms with Crippen molar-refractivity contribution in [1.29, 1.82) is 0 Å². The number of aromatic amines is 1. The second-order valence-electron chi connectivity index (χ2n) is 6.37. The number of carbonyl (C=O) groups is 1. The van der Waals surface area contributed by atoms with Crippen LogP contribution in [0.4, 0.5) is 0 Å². The summed E-state index contributed by atoms with van der Waals surface area (Å²) in [5.74, 6) is 0.405. The highest BCUT2D eigenvalue weighted by Gasteiger charge is 2.12. The van der Waals surface area contributed by atoms with Crippen LogP contribution in [-0.2, 0) is 13.2 Å². The molecule has 1 heterocycles. The number of nitrogens with one attached hydrogen (secondary N) is 1. The first kappa shape index (κ1) is 18.8. The molecule has 0 saturated carbocycles. The van der Waals surface area contributed by atoms with Crippen molar-refractivity contribution in [3.63, 3.8) is 0 Å². The van der Waals surface area contributed by atoms with Gasteiger partial charge in [0.15, 0.2) is 11.5 Å². The molecule has 0 saturated heterocycles. The van der Waals surface area contributed by atoms with Crippen molar-refractivity contribution < 1.29 is 19.4 Å². The first-order chi connectivity index (χ1) is 14.1. The van der Waals surface area contributed by atoms with E-state index in [1.807, 2.05) is 36.4 Å². The minimum atomic E-state index is -1.04. The molecule has 0 aliphatic carbocycles. The molecule has 4 rings (SSSR count). The molecule has 0 fully saturated rings. The van der Waals surface area contributed by atoms with Gasteiger partial charge in [0.05, 0.1) is 16.6 Å². The number of halogens is 1. The summed E-state index contributed by atoms with van der Waals surface area (Å²) in [6, 6.07) is 19.4. The van der Waals surface area contributed by atoms with Gasteiger partial charge in [-0.2, -0.15) is 0 Å². The van der Waals surface area contributed by atoms with Crippen molar-refractivity contribution in [2.45, 2.75) is 13.2 Å². The average Bonchev–Trinajstić information content (AvgIpc) is 3.15. The largest absolute Gasteiger partial charge is 0.485 e. The van der Waals surface area contributed by atoms with Crippen LogP contribution in [0.3, 0.4) is 0 Å². The van der Waals surface area contributed by atoms with Crippen molar-refractivity contribution in [3.05, 3.63) is 88.7 Å². The highest BCUT2D eigenvalue weighted by molar-refractivity contribution is 6.30. The summed E-state index contributed by atoms with van der Waals surface area (Å²) in [6.07, 6.45) is 0. The Balaban J connectivity index is 1.52. The topological polar surface area (TPSA) is 84.4 Å². The van der Waals surface area contributed by atoms with Gasteiger partial charge in [-0.15, -0.1) is 0 Å². The second-order valence-corrected chi connectivity index (χ2v) is 6.81. The summed E-state index contributed by atoms with van der Waals surface area (Å²) in [7, 11) is 0. The van der Waals surface area contributed by atoms with E-state index in [1.54, 1.807) is 18.2 Å². The number of carboxylic acids is 1. The molecule has 0 unspecified atom stereocenters. The minimum absolute atomic E-state index is 0.118. The third-order valence-electron chi connectivity index (χ3n) is 4.30. The highest BCUT2D eigenvalue weighted by Crippen LogP contribution is 2.30. The van der Waals surface area contributed by atoms with Gasteiger partial charge in [0.2, 0.25) is 0 Å². The molecule has 4 aromatic rings. The summed E-state index contributed by atoms with van der Waals surface area (Å²) in [5, 5.41) is 9.91. The quantitative estimate of drug-likeness (QED) is 0.446. The van der Waals surface area contributed by atoms with E-state index < -0.39 is 5.97 Å². The summed E-state index contributed by atoms with van der Waals surface area (Å²) >= 11 is 5.90. The van der Waals surface area contributed by atoms with E-state index in [1.165, 1.54) is 12.1 Å². The van der Waals surface area contributed by atoms with Crippen molar-refractivity contribution >= 4 is 28.6 Å². The van der Waals surface area contributed by atoms with Gasteiger partial charge in [-0.25, -0.2) is 9.78 Å². The molecule has 0 amide bonds. The van der Waals surface area contributed by atoms with E-state index in [0.29, 0.717) is 22.3 Å². The fraction of sp³-hybridized carbons (Fsp3) is 0.0909. The Morgan fingerprint density at radius 1 is 0.966 bits per heavy atom. The number of H-pyrrole nitrogens is 1. The number of nitrogens with zero attached hydrogens (tertiary/aromatic N) is 1. The Bertz CT molecular complexity index is 1120. The van der Waals surface area contributed by atoms with E-state index in [0.717, 1.165) is 16.6 Å². The van der Waals surface area contributed by atoms with Gasteiger partial charge in [0.1, 0.15) is 19.0 Å². The summed E-state index contributed by atoms with van der Waals surface area (Å²) in [5.41, 5.74) is 2.80. The molecular weight excluding hydrogens is 392 g/mol. The molecule has 0 aliphatic rings. The predicted octanol–water partition coefficient (Wildman–Crippen LogP) is 5.07. The van der Waals surface area contributed by atoms with Crippen LogP contribution in [-0.4, -0.2) is 21.0 Å². The lowest BCUT2D eigenvalue weighted by Crippen LogP contribution is -2.04. The standard InChI is InChI=1S/C22H17ClN2O4/c23-16-8-5-14(6-9-16)12-28-20-11-15(22(26)27)7-10-19(20)29-13-21-24-17-3-1-2-4-18(17)25-21/h1-11H,12-13H2,(H,24,25)(H,26,27). The van der Waals surface area contributed by atoms with Crippen LogP contribution in [0.15, 0.2) is 66.7 Å². The van der Waals surface area contributed by atoms with Crippen molar-refractivity contribution in [3.8, 4) is 11.5 Å². The zero-order valence-electron chi connectivity index (χ0n) is 15.3. The Kier molecular flexibility index (Phi) is 5.35. The lowest BCUT2D eigenvalue weighted by Gasteiger charge is -2.13. The van der Waals surface area contributed by atoms with E-state index >= 15 is 0 Å². The smallest absolute Gasteiger partial charge is 0.335 e. The number of fused-ring (bicyclic) bond motifs is 1. The molecule has 0 spiro atoms. The van der Waals surface area contributed by atoms with Crippen LogP contribution in [0, 0.1) is 0 Å². The average molecular weight is 409 g/mol. The number of carboxylic acid groups (broad SMARTS) is 1. The van der Waals surface area contributed by atoms with Gasteiger partial charge in [-0.1, -0.05) is 35.9 Å². The lowest BCUT2D eigenvalue weighted by molar-refractivity contribution is 0.0696. The summed E-state index contributed by atoms with van der Waals surface area (Å²) in [6.45, 7) is 0.444. The van der Waals surface area contributed by atoms with Crippen LogP contribution in [0.25, 0.3) is 11.0 Å². The third kappa shape index (κ3) is 4.50. The second kappa shape index (κ2) is 8.24. The van der Waals surface area contributed by atoms with Crippen molar-refractivity contribution in [2.75, 3.05) is 0 Å². The number of aromatic carboxylic acids is 1. The number of hydrogen-bond acceptors (Lipinski definition) is 4. The zero-order valence-corrected chi connectivity index (χ0v) is 16.0. The van der Waals surface area contributed by atoms with Crippen molar-refractivity contribution in [2.24, 2.45) is 0 Å². The molecule has 0 radical (unpaired) electrons. The molecule has 7 heteroatoms. The molecule has 3 aromatic carbocycles. The summed E-state index contributed by atoms with van der Waals surface area (Å²) in [4.78, 5) is 19.0. The Morgan fingerprint density at radius 2 is 1.72 bits per heavy atom. The minimum Gasteiger partial charge on any atom is -0.485 e. The predicted molar refractivity (Wildman–Crippen MR) is 110 cm³/mol. The summed E-state index contributed by atoms with van der Waals surface area (Å²) < 4.78 is 11.7. The molecule has 146 valence electrons. The van der Waals surface area contributed by atoms with Crippen LogP contribution in [0.5, 0.6) is 11.5 Å². The van der Waals surface area contributed by atoms with Gasteiger partial charge in [0.25, 0.3) is 0 Å². The van der Waals surface area contributed by atoms with Crippen molar-refractivity contribution in [1.82, 2.24) is 9.97 Å². The van der Waals surface area contributed by atoms with E-state index in [-0.39, 0.29) is 18.8 Å². The monoisotopic (exact) mass is 408 g/mol. The van der Waals surface area contributed by atoms with Gasteiger partial charge >= 0.3 is 5.97 Å². The van der Waals surface area contributed by atoms with Gasteiger partial charge in [-0.3, -0.25) is 0 Å². The maximum Gasteiger partial charge on any atom is 0.335 e. The maximum absolute atomic E-state index is 11.3. The molecular formula is C22H17ClN2O4. The molecule has 0 atom stereocenters. The van der Waals surface area contributed by atoms with Crippen LogP contribution in [0.2, 0.25) is 5.02 Å². The van der Waals surface area contributed by atoms with Gasteiger partial charge in [-0.05, 0) is 48.0 Å². The maximum atomic E-state index is 11.3. The van der Waals surface area contributed by atoms with Crippen LogP contribution >= 0.6 is 11.6 Å². The van der Waals surface area contributed by atoms with E-state index in [4.69, 9.17) is 21.1 Å². The number of hydrogen-bond donors (Lipinski definition) is 2. The number of rotatable bonds is 7. The first-order valence-corrected chi connectivity index (χ1v) is 9.27. The third-order valence-corrected chi connectivity index (χ3v) is 4.55. The first-order valence-electron chi connectivity index (χ1n) is 8.89. The fourth-order valence-electron chi connectivity index (χ4n) is 2.83.